The van der Waals surface area contributed by atoms with Crippen LogP contribution in [-0.4, -0.2) is 37.0 Å². The normalized spacial score (nSPS) is 10.6. The van der Waals surface area contributed by atoms with Crippen molar-refractivity contribution < 1.29 is 23.2 Å². The lowest BCUT2D eigenvalue weighted by Gasteiger charge is -2.07. The van der Waals surface area contributed by atoms with Gasteiger partial charge in [0, 0.05) is 17.6 Å². The lowest BCUT2D eigenvalue weighted by Crippen LogP contribution is -2.28. The zero-order valence-corrected chi connectivity index (χ0v) is 10.9. The number of carbonyl (C=O) groups is 1. The Labute approximate surface area is 117 Å². The quantitative estimate of drug-likeness (QED) is 0.476. The van der Waals surface area contributed by atoms with Crippen LogP contribution in [0.4, 0.5) is 14.5 Å². The van der Waals surface area contributed by atoms with E-state index in [9.17, 15) is 23.7 Å². The monoisotopic (exact) mass is 308 g/mol. The summed E-state index contributed by atoms with van der Waals surface area (Å²) in [6.07, 6.45) is -2.58. The Hall–Kier alpha value is -1.80. The van der Waals surface area contributed by atoms with Gasteiger partial charge in [0.2, 0.25) is 0 Å². The zero-order valence-electron chi connectivity index (χ0n) is 10.1. The van der Waals surface area contributed by atoms with Gasteiger partial charge < -0.3 is 10.1 Å². The Morgan fingerprint density at radius 1 is 1.50 bits per heavy atom. The van der Waals surface area contributed by atoms with Crippen LogP contribution in [0, 0.1) is 10.1 Å². The van der Waals surface area contributed by atoms with E-state index in [0.29, 0.717) is 0 Å². The van der Waals surface area contributed by atoms with E-state index in [1.807, 2.05) is 0 Å². The molecule has 1 amide bonds. The Balaban J connectivity index is 2.59. The molecule has 0 aliphatic carbocycles. The second kappa shape index (κ2) is 7.71. The first-order chi connectivity index (χ1) is 9.41. The highest BCUT2D eigenvalue weighted by molar-refractivity contribution is 6.31. The van der Waals surface area contributed by atoms with Gasteiger partial charge in [0.25, 0.3) is 18.0 Å². The molecule has 0 aliphatic heterocycles. The van der Waals surface area contributed by atoms with Crippen molar-refractivity contribution in [2.75, 3.05) is 19.8 Å². The van der Waals surface area contributed by atoms with E-state index in [1.165, 1.54) is 6.07 Å². The van der Waals surface area contributed by atoms with E-state index in [4.69, 9.17) is 11.6 Å². The standard InChI is InChI=1S/C11H11ClF2N2O4/c12-7-1-2-9(16(18)19)8(5-7)11(17)15-3-4-20-6-10(13)14/h1-2,5,10H,3-4,6H2,(H,15,17). The second-order valence-electron chi connectivity index (χ2n) is 3.64. The van der Waals surface area contributed by atoms with Gasteiger partial charge in [-0.1, -0.05) is 11.6 Å². The second-order valence-corrected chi connectivity index (χ2v) is 4.08. The predicted molar refractivity (Wildman–Crippen MR) is 67.3 cm³/mol. The van der Waals surface area contributed by atoms with Crippen LogP contribution in [0.25, 0.3) is 0 Å². The van der Waals surface area contributed by atoms with Crippen LogP contribution in [0.5, 0.6) is 0 Å². The maximum absolute atomic E-state index is 11.8. The molecule has 20 heavy (non-hydrogen) atoms. The minimum atomic E-state index is -2.58. The van der Waals surface area contributed by atoms with Crippen LogP contribution < -0.4 is 5.32 Å². The number of alkyl halides is 2. The molecule has 1 aromatic carbocycles. The van der Waals surface area contributed by atoms with Crippen molar-refractivity contribution in [3.63, 3.8) is 0 Å². The molecule has 0 heterocycles. The van der Waals surface area contributed by atoms with E-state index in [1.54, 1.807) is 0 Å². The van der Waals surface area contributed by atoms with Gasteiger partial charge in [-0.05, 0) is 12.1 Å². The number of benzene rings is 1. The predicted octanol–water partition coefficient (Wildman–Crippen LogP) is 2.26. The molecule has 9 heteroatoms. The molecule has 0 radical (unpaired) electrons. The number of nitrogens with one attached hydrogen (secondary N) is 1. The SMILES string of the molecule is O=C(NCCOCC(F)F)c1cc(Cl)ccc1[N+](=O)[O-]. The number of hydrogen-bond donors (Lipinski definition) is 1. The first-order valence-corrected chi connectivity index (χ1v) is 5.87. The third-order valence-corrected chi connectivity index (χ3v) is 2.41. The topological polar surface area (TPSA) is 81.5 Å². The van der Waals surface area contributed by atoms with E-state index in [2.05, 4.69) is 10.1 Å². The minimum absolute atomic E-state index is 0.0464. The molecule has 0 saturated heterocycles. The van der Waals surface area contributed by atoms with Gasteiger partial charge in [0.15, 0.2) is 0 Å². The Kier molecular flexibility index (Phi) is 6.26. The highest BCUT2D eigenvalue weighted by atomic mass is 35.5. The number of carbonyl (C=O) groups excluding carboxylic acids is 1. The van der Waals surface area contributed by atoms with Crippen molar-refractivity contribution >= 4 is 23.2 Å². The smallest absolute Gasteiger partial charge is 0.282 e. The summed E-state index contributed by atoms with van der Waals surface area (Å²) >= 11 is 5.67. The van der Waals surface area contributed by atoms with Crippen molar-refractivity contribution in [1.29, 1.82) is 0 Å². The summed E-state index contributed by atoms with van der Waals surface area (Å²) in [4.78, 5) is 21.8. The summed E-state index contributed by atoms with van der Waals surface area (Å²) < 4.78 is 28.1. The number of nitrogens with zero attached hydrogens (tertiary/aromatic N) is 1. The largest absolute Gasteiger partial charge is 0.374 e. The third-order valence-electron chi connectivity index (χ3n) is 2.18. The summed E-state index contributed by atoms with van der Waals surface area (Å²) in [5, 5.41) is 13.3. The minimum Gasteiger partial charge on any atom is -0.374 e. The molecular formula is C11H11ClF2N2O4. The van der Waals surface area contributed by atoms with Gasteiger partial charge in [-0.15, -0.1) is 0 Å². The average molecular weight is 309 g/mol. The first-order valence-electron chi connectivity index (χ1n) is 5.50. The molecule has 6 nitrogen and oxygen atoms in total. The van der Waals surface area contributed by atoms with Gasteiger partial charge in [-0.3, -0.25) is 14.9 Å². The fraction of sp³-hybridized carbons (Fsp3) is 0.364. The molecule has 1 N–H and O–H groups in total. The van der Waals surface area contributed by atoms with E-state index in [0.717, 1.165) is 12.1 Å². The number of rotatable bonds is 7. The fourth-order valence-corrected chi connectivity index (χ4v) is 1.53. The molecule has 0 spiro atoms. The number of ether oxygens (including phenoxy) is 1. The maximum Gasteiger partial charge on any atom is 0.282 e. The van der Waals surface area contributed by atoms with Crippen molar-refractivity contribution in [3.05, 3.63) is 38.9 Å². The maximum atomic E-state index is 11.8. The van der Waals surface area contributed by atoms with Gasteiger partial charge in [0.1, 0.15) is 12.2 Å². The van der Waals surface area contributed by atoms with Crippen LogP contribution in [0.1, 0.15) is 10.4 Å². The molecule has 0 aliphatic rings. The van der Waals surface area contributed by atoms with E-state index in [-0.39, 0.29) is 29.4 Å². The highest BCUT2D eigenvalue weighted by Gasteiger charge is 2.20. The average Bonchev–Trinajstić information content (AvgIpc) is 2.37. The number of halogens is 3. The van der Waals surface area contributed by atoms with Crippen molar-refractivity contribution in [2.24, 2.45) is 0 Å². The lowest BCUT2D eigenvalue weighted by atomic mass is 10.1. The summed E-state index contributed by atoms with van der Waals surface area (Å²) in [5.74, 6) is -0.722. The van der Waals surface area contributed by atoms with Crippen LogP contribution in [0.2, 0.25) is 5.02 Å². The van der Waals surface area contributed by atoms with Crippen molar-refractivity contribution in [3.8, 4) is 0 Å². The fourth-order valence-electron chi connectivity index (χ4n) is 1.35. The Bertz CT molecular complexity index is 499. The molecule has 1 aromatic rings. The lowest BCUT2D eigenvalue weighted by molar-refractivity contribution is -0.385. The number of amides is 1. The summed E-state index contributed by atoms with van der Waals surface area (Å²) in [6.45, 7) is -0.896. The van der Waals surface area contributed by atoms with Gasteiger partial charge in [-0.2, -0.15) is 0 Å². The summed E-state index contributed by atoms with van der Waals surface area (Å²) in [7, 11) is 0. The third kappa shape index (κ3) is 5.06. The van der Waals surface area contributed by atoms with Crippen molar-refractivity contribution in [1.82, 2.24) is 5.32 Å². The van der Waals surface area contributed by atoms with Gasteiger partial charge >= 0.3 is 0 Å². The van der Waals surface area contributed by atoms with E-state index < -0.39 is 23.9 Å². The zero-order chi connectivity index (χ0) is 15.1. The number of hydrogen-bond acceptors (Lipinski definition) is 4. The molecular weight excluding hydrogens is 298 g/mol. The molecule has 110 valence electrons. The molecule has 0 atom stereocenters. The van der Waals surface area contributed by atoms with Crippen molar-refractivity contribution in [2.45, 2.75) is 6.43 Å². The number of nitro groups is 1. The summed E-state index contributed by atoms with van der Waals surface area (Å²) in [5.41, 5.74) is -0.586. The van der Waals surface area contributed by atoms with E-state index >= 15 is 0 Å². The van der Waals surface area contributed by atoms with Crippen LogP contribution in [0.15, 0.2) is 18.2 Å². The highest BCUT2D eigenvalue weighted by Crippen LogP contribution is 2.22. The van der Waals surface area contributed by atoms with Crippen LogP contribution in [-0.2, 0) is 4.74 Å². The Morgan fingerprint density at radius 2 is 2.20 bits per heavy atom. The van der Waals surface area contributed by atoms with Crippen LogP contribution in [0.3, 0.4) is 0 Å². The Morgan fingerprint density at radius 3 is 2.80 bits per heavy atom. The van der Waals surface area contributed by atoms with Gasteiger partial charge in [0.05, 0.1) is 11.5 Å². The molecule has 0 bridgehead atoms. The number of nitro benzene ring substituents is 1. The first kappa shape index (κ1) is 16.3. The summed E-state index contributed by atoms with van der Waals surface area (Å²) in [6, 6.07) is 3.57. The van der Waals surface area contributed by atoms with Gasteiger partial charge in [-0.25, -0.2) is 8.78 Å². The molecule has 0 fully saturated rings. The molecule has 1 rings (SSSR count). The van der Waals surface area contributed by atoms with Crippen LogP contribution >= 0.6 is 11.6 Å². The molecule has 0 unspecified atom stereocenters. The molecule has 0 aromatic heterocycles. The molecule has 0 saturated carbocycles.